The molecule has 0 aliphatic carbocycles. The topological polar surface area (TPSA) is 66.4 Å². The van der Waals surface area contributed by atoms with Crippen LogP contribution in [0.2, 0.25) is 4.75 Å². The van der Waals surface area contributed by atoms with Gasteiger partial charge in [0.2, 0.25) is 0 Å². The number of carbonyl (C=O) groups is 2. The molecule has 0 aliphatic rings. The van der Waals surface area contributed by atoms with Crippen molar-refractivity contribution in [2.24, 2.45) is 0 Å². The minimum absolute atomic E-state index is 0.410. The van der Waals surface area contributed by atoms with E-state index in [4.69, 9.17) is 35.1 Å². The number of amides is 1. The van der Waals surface area contributed by atoms with Gasteiger partial charge in [0, 0.05) is 0 Å². The maximum absolute atomic E-state index is 10.9. The number of hydrogen-bond donors (Lipinski definition) is 2. The van der Waals surface area contributed by atoms with Gasteiger partial charge in [-0.15, -0.1) is 0 Å². The van der Waals surface area contributed by atoms with Crippen molar-refractivity contribution in [3.8, 4) is 0 Å². The zero-order valence-electron chi connectivity index (χ0n) is 8.26. The normalized spacial score (nSPS) is 15.5. The van der Waals surface area contributed by atoms with E-state index in [0.717, 1.165) is 0 Å². The molecule has 88 valence electrons. The van der Waals surface area contributed by atoms with Gasteiger partial charge in [-0.05, 0) is 0 Å². The molecule has 0 spiro atoms. The van der Waals surface area contributed by atoms with Gasteiger partial charge < -0.3 is 0 Å². The summed E-state index contributed by atoms with van der Waals surface area (Å²) in [5.41, 5.74) is 0. The Hall–Kier alpha value is 0.353. The first-order valence-corrected chi connectivity index (χ1v) is 13.7. The Kier molecular flexibility index (Phi) is 6.32. The second-order valence-corrected chi connectivity index (χ2v) is 19.2. The number of rotatable bonds is 5. The van der Waals surface area contributed by atoms with Gasteiger partial charge in [0.05, 0.1) is 0 Å². The van der Waals surface area contributed by atoms with Crippen LogP contribution in [0, 0.1) is 0 Å². The second kappa shape index (κ2) is 6.18. The zero-order valence-corrected chi connectivity index (χ0v) is 12.6. The number of hydrogen-bond acceptors (Lipinski definition) is 2. The summed E-state index contributed by atoms with van der Waals surface area (Å²) in [6.07, 6.45) is 0.410. The van der Waals surface area contributed by atoms with E-state index in [0.29, 0.717) is 6.42 Å². The Bertz CT molecular complexity index is 256. The first kappa shape index (κ1) is 15.4. The summed E-state index contributed by atoms with van der Waals surface area (Å²) < 4.78 is -0.587. The molecule has 2 atom stereocenters. The molecule has 2 N–H and O–H groups in total. The fourth-order valence-corrected chi connectivity index (χ4v) is 7.82. The number of aliphatic carboxylic acids is 1. The van der Waals surface area contributed by atoms with Crippen LogP contribution in [-0.4, -0.2) is 33.5 Å². The second-order valence-electron chi connectivity index (χ2n) is 3.07. The van der Waals surface area contributed by atoms with Crippen LogP contribution in [0.1, 0.15) is 20.3 Å². The fraction of sp³-hybridized carbons (Fsp3) is 0.714. The monoisotopic (exact) mass is 337 g/mol. The summed E-state index contributed by atoms with van der Waals surface area (Å²) in [5.74, 6) is -1.62. The van der Waals surface area contributed by atoms with Gasteiger partial charge in [-0.25, -0.2) is 0 Å². The van der Waals surface area contributed by atoms with E-state index in [2.05, 4.69) is 5.32 Å². The van der Waals surface area contributed by atoms with E-state index in [1.807, 2.05) is 0 Å². The Balaban J connectivity index is 4.87. The molecule has 0 radical (unpaired) electrons. The Labute approximate surface area is 103 Å². The molecule has 0 aromatic heterocycles. The van der Waals surface area contributed by atoms with Crippen molar-refractivity contribution in [2.45, 2.75) is 31.1 Å². The number of carbonyl (C=O) groups excluding carboxylic acids is 1. The third-order valence-electron chi connectivity index (χ3n) is 1.89. The molecule has 0 rings (SSSR count). The third-order valence-corrected chi connectivity index (χ3v) is 9.58. The van der Waals surface area contributed by atoms with Crippen LogP contribution < -0.4 is 5.32 Å². The summed E-state index contributed by atoms with van der Waals surface area (Å²) in [5, 5.41) is 11.2. The molecule has 0 heterocycles. The molecule has 4 nitrogen and oxygen atoms in total. The molecule has 2 unspecified atom stereocenters. The van der Waals surface area contributed by atoms with E-state index in [9.17, 15) is 9.59 Å². The summed E-state index contributed by atoms with van der Waals surface area (Å²) >= 11 is 0. The number of carboxylic acids is 1. The maximum atomic E-state index is 10.9. The van der Waals surface area contributed by atoms with Crippen LogP contribution in [0.15, 0.2) is 0 Å². The van der Waals surface area contributed by atoms with Gasteiger partial charge in [0.1, 0.15) is 0 Å². The molecular formula is C7H12Cl3GeNO3. The average Bonchev–Trinajstić information content (AvgIpc) is 2.00. The van der Waals surface area contributed by atoms with Crippen LogP contribution in [0.25, 0.3) is 0 Å². The molecular weight excluding hydrogens is 325 g/mol. The van der Waals surface area contributed by atoms with E-state index < -0.39 is 33.1 Å². The van der Waals surface area contributed by atoms with Crippen molar-refractivity contribution in [3.63, 3.8) is 0 Å². The van der Waals surface area contributed by atoms with Crippen molar-refractivity contribution in [1.29, 1.82) is 0 Å². The summed E-state index contributed by atoms with van der Waals surface area (Å²) in [7, 11) is 13.8. The molecule has 0 aromatic carbocycles. The fourth-order valence-electron chi connectivity index (χ4n) is 1.21. The van der Waals surface area contributed by atoms with Crippen molar-refractivity contribution >= 4 is 52.4 Å². The van der Waals surface area contributed by atoms with Gasteiger partial charge >= 0.3 is 103 Å². The summed E-state index contributed by atoms with van der Waals surface area (Å²) in [4.78, 5) is 21.7. The quantitative estimate of drug-likeness (QED) is 0.755. The van der Waals surface area contributed by atoms with Gasteiger partial charge in [0.15, 0.2) is 0 Å². The zero-order chi connectivity index (χ0) is 12.2. The van der Waals surface area contributed by atoms with Crippen molar-refractivity contribution < 1.29 is 14.7 Å². The van der Waals surface area contributed by atoms with Crippen LogP contribution in [0.4, 0.5) is 0 Å². The van der Waals surface area contributed by atoms with E-state index in [1.165, 1.54) is 6.92 Å². The predicted octanol–water partition coefficient (Wildman–Crippen LogP) is 2.01. The van der Waals surface area contributed by atoms with Crippen LogP contribution in [0.5, 0.6) is 0 Å². The minimum atomic E-state index is -3.66. The standard InChI is InChI=1S/C7H12Cl3GeNO3/c1-3-5(11(8,9)10)6(7(14)15)12-4(2)13/h5-6H,3H2,1-2H3,(H,12,13)(H,14,15). The summed E-state index contributed by atoms with van der Waals surface area (Å²) in [6.45, 7) is 2.96. The first-order valence-electron chi connectivity index (χ1n) is 4.26. The molecule has 15 heavy (non-hydrogen) atoms. The van der Waals surface area contributed by atoms with E-state index in [-0.39, 0.29) is 0 Å². The molecule has 0 aliphatic heterocycles. The number of nitrogens with one attached hydrogen (secondary N) is 1. The number of carboxylic acid groups (broad SMARTS) is 1. The van der Waals surface area contributed by atoms with Crippen LogP contribution in [-0.2, 0) is 9.59 Å². The molecule has 1 amide bonds. The predicted molar refractivity (Wildman–Crippen MR) is 62.6 cm³/mol. The van der Waals surface area contributed by atoms with Crippen molar-refractivity contribution in [1.82, 2.24) is 5.32 Å². The molecule has 0 bridgehead atoms. The van der Waals surface area contributed by atoms with Crippen molar-refractivity contribution in [3.05, 3.63) is 0 Å². The first-order chi connectivity index (χ1) is 6.70. The summed E-state index contributed by atoms with van der Waals surface area (Å²) in [6, 6.07) is -1.11. The van der Waals surface area contributed by atoms with Crippen molar-refractivity contribution in [2.75, 3.05) is 0 Å². The Morgan fingerprint density at radius 2 is 1.87 bits per heavy atom. The van der Waals surface area contributed by atoms with Gasteiger partial charge in [-0.2, -0.15) is 0 Å². The molecule has 0 saturated carbocycles. The van der Waals surface area contributed by atoms with E-state index in [1.54, 1.807) is 6.92 Å². The average molecular weight is 337 g/mol. The molecule has 8 heteroatoms. The Morgan fingerprint density at radius 3 is 2.07 bits per heavy atom. The molecule has 0 aromatic rings. The van der Waals surface area contributed by atoms with E-state index >= 15 is 0 Å². The SMILES string of the molecule is CC[CH](C(NC(C)=O)C(=O)O)[Ge]([Cl])([Cl])[Cl]. The van der Waals surface area contributed by atoms with Crippen LogP contribution >= 0.6 is 30.0 Å². The van der Waals surface area contributed by atoms with Gasteiger partial charge in [-0.1, -0.05) is 0 Å². The Morgan fingerprint density at radius 1 is 1.40 bits per heavy atom. The van der Waals surface area contributed by atoms with Gasteiger partial charge in [-0.3, -0.25) is 0 Å². The molecule has 0 saturated heterocycles. The molecule has 0 fully saturated rings. The van der Waals surface area contributed by atoms with Gasteiger partial charge in [0.25, 0.3) is 0 Å². The van der Waals surface area contributed by atoms with Crippen LogP contribution in [0.3, 0.4) is 0 Å². The third kappa shape index (κ3) is 5.29. The number of halogens is 3.